The third-order valence-corrected chi connectivity index (χ3v) is 9.84. The molecule has 5 aromatic carbocycles. The van der Waals surface area contributed by atoms with Crippen LogP contribution in [0.15, 0.2) is 127 Å². The van der Waals surface area contributed by atoms with Crippen LogP contribution in [0.2, 0.25) is 0 Å². The number of carbonyl (C=O) groups is 2. The Kier molecular flexibility index (Phi) is 13.9. The zero-order valence-corrected chi connectivity index (χ0v) is 31.6. The van der Waals surface area contributed by atoms with Gasteiger partial charge in [-0.2, -0.15) is 0 Å². The molecular weight excluding hydrogens is 711 g/mol. The van der Waals surface area contributed by atoms with Crippen molar-refractivity contribution in [1.82, 2.24) is 15.5 Å². The number of aliphatic hydroxyl groups is 2. The van der Waals surface area contributed by atoms with Crippen LogP contribution in [0.5, 0.6) is 5.75 Å². The number of amides is 2. The minimum atomic E-state index is -0.827. The van der Waals surface area contributed by atoms with Crippen LogP contribution >= 0.6 is 0 Å². The summed E-state index contributed by atoms with van der Waals surface area (Å²) in [6.07, 6.45) is -1.02. The molecule has 1 aliphatic rings. The number of aromatic hydroxyl groups is 1. The van der Waals surface area contributed by atoms with Crippen LogP contribution in [0.25, 0.3) is 11.1 Å². The maximum Gasteiger partial charge on any atom is 0.328 e. The lowest BCUT2D eigenvalue weighted by Gasteiger charge is -2.38. The molecule has 5 unspecified atom stereocenters. The number of phenols is 1. The Balaban J connectivity index is 1.10. The van der Waals surface area contributed by atoms with Crippen LogP contribution in [0, 0.1) is 0 Å². The molecule has 56 heavy (non-hydrogen) atoms. The molecule has 11 nitrogen and oxygen atoms in total. The lowest BCUT2D eigenvalue weighted by Crippen LogP contribution is -2.47. The lowest BCUT2D eigenvalue weighted by atomic mass is 9.99. The summed E-state index contributed by atoms with van der Waals surface area (Å²) in [5.41, 5.74) is 7.01. The molecule has 0 aliphatic carbocycles. The van der Waals surface area contributed by atoms with Crippen LogP contribution < -0.4 is 10.6 Å². The second-order valence-corrected chi connectivity index (χ2v) is 14.1. The van der Waals surface area contributed by atoms with E-state index in [4.69, 9.17) is 14.2 Å². The van der Waals surface area contributed by atoms with Gasteiger partial charge in [-0.05, 0) is 64.2 Å². The molecule has 5 N–H and O–H groups in total. The van der Waals surface area contributed by atoms with Gasteiger partial charge in [0.25, 0.3) is 0 Å². The number of urea groups is 1. The molecule has 0 aromatic heterocycles. The number of esters is 1. The molecule has 1 aliphatic heterocycles. The molecular formula is C45H49N3O8. The largest absolute Gasteiger partial charge is 0.508 e. The van der Waals surface area contributed by atoms with Gasteiger partial charge in [-0.1, -0.05) is 109 Å². The van der Waals surface area contributed by atoms with E-state index in [9.17, 15) is 24.9 Å². The number of methoxy groups -OCH3 is 1. The van der Waals surface area contributed by atoms with Crippen molar-refractivity contribution in [1.29, 1.82) is 0 Å². The number of benzene rings is 5. The number of carbonyl (C=O) groups excluding carboxylic acids is 2. The number of rotatable bonds is 15. The van der Waals surface area contributed by atoms with E-state index in [0.717, 1.165) is 38.9 Å². The van der Waals surface area contributed by atoms with Crippen molar-refractivity contribution in [2.45, 2.75) is 56.6 Å². The number of phenolic OH excluding ortho intramolecular Hbond substituents is 1. The first-order chi connectivity index (χ1) is 27.2. The Labute approximate surface area is 327 Å². The molecule has 6 rings (SSSR count). The van der Waals surface area contributed by atoms with Crippen LogP contribution in [-0.4, -0.2) is 71.6 Å². The summed E-state index contributed by atoms with van der Waals surface area (Å²) >= 11 is 0. The standard InChI is InChI=1S/C45H49N3O8/c1-48(28-41(51)37-12-7-13-38(50)24-37)27-39-25-42(34-16-14-31(29-49)15-17-34)56-44(55-39)35-20-18-33(19-21-35)36-11-6-10-32(22-36)26-46-45(53)47-40(43(52)54-2)23-30-8-4-3-5-9-30/h3-22,24,39-42,44,49-51H,23,25-29H2,1-2H3,(H2,46,47,53). The first kappa shape index (κ1) is 40.1. The second-order valence-electron chi connectivity index (χ2n) is 14.1. The maximum atomic E-state index is 12.8. The topological polar surface area (TPSA) is 150 Å². The zero-order chi connectivity index (χ0) is 39.4. The Morgan fingerprint density at radius 2 is 1.54 bits per heavy atom. The van der Waals surface area contributed by atoms with E-state index in [1.165, 1.54) is 7.11 Å². The number of hydrogen-bond acceptors (Lipinski definition) is 9. The fourth-order valence-electron chi connectivity index (χ4n) is 6.86. The van der Waals surface area contributed by atoms with E-state index >= 15 is 0 Å². The number of ether oxygens (including phenoxy) is 3. The summed E-state index contributed by atoms with van der Waals surface area (Å²) in [6, 6.07) is 38.4. The van der Waals surface area contributed by atoms with Crippen LogP contribution in [0.1, 0.15) is 58.3 Å². The quantitative estimate of drug-likeness (QED) is 0.0771. The van der Waals surface area contributed by atoms with Gasteiger partial charge in [-0.15, -0.1) is 0 Å². The average Bonchev–Trinajstić information content (AvgIpc) is 3.22. The summed E-state index contributed by atoms with van der Waals surface area (Å²) in [4.78, 5) is 27.3. The first-order valence-electron chi connectivity index (χ1n) is 18.7. The minimum Gasteiger partial charge on any atom is -0.508 e. The van der Waals surface area contributed by atoms with Crippen molar-refractivity contribution in [2.75, 3.05) is 27.2 Å². The fraction of sp³-hybridized carbons (Fsp3) is 0.289. The molecule has 11 heteroatoms. The lowest BCUT2D eigenvalue weighted by molar-refractivity contribution is -0.252. The van der Waals surface area contributed by atoms with Crippen molar-refractivity contribution in [3.05, 3.63) is 161 Å². The monoisotopic (exact) mass is 759 g/mol. The van der Waals surface area contributed by atoms with Crippen LogP contribution in [0.4, 0.5) is 4.79 Å². The minimum absolute atomic E-state index is 0.0414. The highest BCUT2D eigenvalue weighted by molar-refractivity contribution is 5.83. The van der Waals surface area contributed by atoms with Gasteiger partial charge < -0.3 is 45.1 Å². The Hall–Kier alpha value is -5.56. The summed E-state index contributed by atoms with van der Waals surface area (Å²) in [5, 5.41) is 35.9. The van der Waals surface area contributed by atoms with E-state index in [2.05, 4.69) is 10.6 Å². The van der Waals surface area contributed by atoms with Gasteiger partial charge in [0.05, 0.1) is 32.0 Å². The van der Waals surface area contributed by atoms with Gasteiger partial charge in [0.2, 0.25) is 0 Å². The molecule has 5 atom stereocenters. The molecule has 1 fully saturated rings. The molecule has 1 saturated heterocycles. The molecule has 2 amide bonds. The van der Waals surface area contributed by atoms with E-state index in [1.54, 1.807) is 24.3 Å². The number of nitrogens with one attached hydrogen (secondary N) is 2. The van der Waals surface area contributed by atoms with Gasteiger partial charge in [0.1, 0.15) is 11.8 Å². The average molecular weight is 760 g/mol. The van der Waals surface area contributed by atoms with E-state index < -0.39 is 30.4 Å². The Morgan fingerprint density at radius 3 is 2.25 bits per heavy atom. The molecule has 5 aromatic rings. The predicted molar refractivity (Wildman–Crippen MR) is 212 cm³/mol. The van der Waals surface area contributed by atoms with Crippen molar-refractivity contribution in [3.8, 4) is 16.9 Å². The Bertz CT molecular complexity index is 2030. The number of aliphatic hydroxyl groups excluding tert-OH is 2. The summed E-state index contributed by atoms with van der Waals surface area (Å²) in [6.45, 7) is 1.09. The van der Waals surface area contributed by atoms with Crippen LogP contribution in [0.3, 0.4) is 0 Å². The third kappa shape index (κ3) is 11.0. The van der Waals surface area contributed by atoms with Gasteiger partial charge in [-0.3, -0.25) is 0 Å². The SMILES string of the molecule is COC(=O)C(Cc1ccccc1)NC(=O)NCc1cccc(-c2ccc(C3OC(CN(C)CC(O)c4cccc(O)c4)CC(c4ccc(CO)cc4)O3)cc2)c1. The van der Waals surface area contributed by atoms with Crippen molar-refractivity contribution in [3.63, 3.8) is 0 Å². The zero-order valence-electron chi connectivity index (χ0n) is 31.6. The fourth-order valence-corrected chi connectivity index (χ4v) is 6.86. The van der Waals surface area contributed by atoms with E-state index in [-0.39, 0.29) is 31.1 Å². The highest BCUT2D eigenvalue weighted by Crippen LogP contribution is 2.39. The number of hydrogen-bond donors (Lipinski definition) is 5. The first-order valence-corrected chi connectivity index (χ1v) is 18.7. The third-order valence-electron chi connectivity index (χ3n) is 9.84. The van der Waals surface area contributed by atoms with Gasteiger partial charge in [-0.25, -0.2) is 9.59 Å². The normalized spacial score (nSPS) is 17.8. The van der Waals surface area contributed by atoms with Crippen molar-refractivity contribution >= 4 is 12.0 Å². The highest BCUT2D eigenvalue weighted by Gasteiger charge is 2.33. The molecule has 0 radical (unpaired) electrons. The molecule has 0 bridgehead atoms. The highest BCUT2D eigenvalue weighted by atomic mass is 16.7. The van der Waals surface area contributed by atoms with Crippen molar-refractivity contribution < 1.29 is 39.1 Å². The van der Waals surface area contributed by atoms with Crippen LogP contribution in [-0.2, 0) is 38.6 Å². The number of likely N-dealkylation sites (N-methyl/N-ethyl adjacent to an activating group) is 1. The Morgan fingerprint density at radius 1 is 0.821 bits per heavy atom. The molecule has 0 saturated carbocycles. The van der Waals surface area contributed by atoms with E-state index in [0.29, 0.717) is 31.5 Å². The predicted octanol–water partition coefficient (Wildman–Crippen LogP) is 6.35. The van der Waals surface area contributed by atoms with Gasteiger partial charge in [0.15, 0.2) is 6.29 Å². The van der Waals surface area contributed by atoms with Gasteiger partial charge in [0, 0.05) is 38.0 Å². The summed E-state index contributed by atoms with van der Waals surface area (Å²) in [5.74, 6) is -0.411. The van der Waals surface area contributed by atoms with Crippen molar-refractivity contribution in [2.24, 2.45) is 0 Å². The molecule has 292 valence electrons. The summed E-state index contributed by atoms with van der Waals surface area (Å²) < 4.78 is 18.0. The smallest absolute Gasteiger partial charge is 0.328 e. The van der Waals surface area contributed by atoms with E-state index in [1.807, 2.05) is 115 Å². The number of nitrogens with zero attached hydrogens (tertiary/aromatic N) is 1. The molecule has 1 heterocycles. The second kappa shape index (κ2) is 19.3. The maximum absolute atomic E-state index is 12.8. The summed E-state index contributed by atoms with van der Waals surface area (Å²) in [7, 11) is 3.23. The van der Waals surface area contributed by atoms with Gasteiger partial charge >= 0.3 is 12.0 Å². The molecule has 0 spiro atoms.